The van der Waals surface area contributed by atoms with Gasteiger partial charge in [0.15, 0.2) is 0 Å². The molecule has 13 heavy (non-hydrogen) atoms. The van der Waals surface area contributed by atoms with Crippen molar-refractivity contribution >= 4 is 5.69 Å². The fourth-order valence-corrected chi connectivity index (χ4v) is 1.00. The Morgan fingerprint density at radius 3 is 2.38 bits per heavy atom. The lowest BCUT2D eigenvalue weighted by Crippen LogP contribution is -2.03. The van der Waals surface area contributed by atoms with Crippen LogP contribution in [0, 0.1) is 0 Å². The van der Waals surface area contributed by atoms with Crippen LogP contribution in [0.5, 0.6) is 5.75 Å². The van der Waals surface area contributed by atoms with Crippen LogP contribution in [0.2, 0.25) is 0 Å². The van der Waals surface area contributed by atoms with Crippen molar-refractivity contribution in [3.8, 4) is 5.75 Å². The molecule has 1 aromatic carbocycles. The molecule has 0 aliphatic heterocycles. The van der Waals surface area contributed by atoms with E-state index in [0.29, 0.717) is 0 Å². The van der Waals surface area contributed by atoms with Crippen LogP contribution in [0.1, 0.15) is 12.8 Å². The molecule has 0 spiro atoms. The summed E-state index contributed by atoms with van der Waals surface area (Å²) < 4.78 is 5.45. The molecular weight excluding hydrogens is 164 g/mol. The van der Waals surface area contributed by atoms with E-state index in [0.717, 1.165) is 37.4 Å². The first-order chi connectivity index (χ1) is 6.33. The van der Waals surface area contributed by atoms with Crippen LogP contribution < -0.4 is 16.2 Å². The molecule has 0 aromatic heterocycles. The zero-order chi connectivity index (χ0) is 9.52. The number of benzene rings is 1. The Kier molecular flexibility index (Phi) is 4.12. The first kappa shape index (κ1) is 9.86. The Morgan fingerprint density at radius 1 is 1.08 bits per heavy atom. The Labute approximate surface area is 78.7 Å². The smallest absolute Gasteiger partial charge is 0.119 e. The molecule has 1 rings (SSSR count). The highest BCUT2D eigenvalue weighted by atomic mass is 16.5. The molecule has 0 aliphatic rings. The molecule has 0 amide bonds. The molecule has 0 bridgehead atoms. The monoisotopic (exact) mass is 180 g/mol. The van der Waals surface area contributed by atoms with Gasteiger partial charge in [-0.3, -0.25) is 0 Å². The maximum absolute atomic E-state index is 5.53. The Hall–Kier alpha value is -1.22. The second-order valence-corrected chi connectivity index (χ2v) is 2.91. The second-order valence-electron chi connectivity index (χ2n) is 2.91. The maximum atomic E-state index is 5.53. The molecule has 0 unspecified atom stereocenters. The number of unbranched alkanes of at least 4 members (excludes halogenated alkanes) is 1. The van der Waals surface area contributed by atoms with Gasteiger partial charge in [-0.15, -0.1) is 0 Å². The van der Waals surface area contributed by atoms with Crippen LogP contribution in [0.25, 0.3) is 0 Å². The van der Waals surface area contributed by atoms with Crippen LogP contribution in [0.4, 0.5) is 5.69 Å². The van der Waals surface area contributed by atoms with E-state index in [9.17, 15) is 0 Å². The summed E-state index contributed by atoms with van der Waals surface area (Å²) in [6.45, 7) is 1.45. The minimum atomic E-state index is 0.723. The molecule has 0 heterocycles. The van der Waals surface area contributed by atoms with Gasteiger partial charge >= 0.3 is 0 Å². The second kappa shape index (κ2) is 5.43. The van der Waals surface area contributed by atoms with Crippen LogP contribution in [-0.4, -0.2) is 13.2 Å². The van der Waals surface area contributed by atoms with Crippen molar-refractivity contribution in [2.45, 2.75) is 12.8 Å². The predicted molar refractivity (Wildman–Crippen MR) is 54.6 cm³/mol. The fourth-order valence-electron chi connectivity index (χ4n) is 1.00. The average molecular weight is 180 g/mol. The molecule has 0 radical (unpaired) electrons. The van der Waals surface area contributed by atoms with Gasteiger partial charge in [0.25, 0.3) is 0 Å². The third-order valence-electron chi connectivity index (χ3n) is 1.75. The summed E-state index contributed by atoms with van der Waals surface area (Å²) >= 11 is 0. The summed E-state index contributed by atoms with van der Waals surface area (Å²) in [5.74, 6) is 0.867. The molecule has 72 valence electrons. The van der Waals surface area contributed by atoms with E-state index in [1.54, 1.807) is 0 Å². The van der Waals surface area contributed by atoms with Crippen molar-refractivity contribution in [1.82, 2.24) is 0 Å². The van der Waals surface area contributed by atoms with E-state index < -0.39 is 0 Å². The Balaban J connectivity index is 2.25. The molecule has 3 heteroatoms. The van der Waals surface area contributed by atoms with E-state index in [4.69, 9.17) is 16.2 Å². The van der Waals surface area contributed by atoms with Crippen molar-refractivity contribution in [1.29, 1.82) is 0 Å². The van der Waals surface area contributed by atoms with Crippen molar-refractivity contribution in [2.24, 2.45) is 5.73 Å². The van der Waals surface area contributed by atoms with E-state index in [1.807, 2.05) is 24.3 Å². The van der Waals surface area contributed by atoms with Gasteiger partial charge in [-0.25, -0.2) is 0 Å². The topological polar surface area (TPSA) is 61.3 Å². The summed E-state index contributed by atoms with van der Waals surface area (Å²) in [5, 5.41) is 0. The van der Waals surface area contributed by atoms with Gasteiger partial charge in [-0.05, 0) is 43.7 Å². The van der Waals surface area contributed by atoms with E-state index in [1.165, 1.54) is 0 Å². The lowest BCUT2D eigenvalue weighted by Gasteiger charge is -2.05. The van der Waals surface area contributed by atoms with Gasteiger partial charge in [0.2, 0.25) is 0 Å². The number of anilines is 1. The van der Waals surface area contributed by atoms with E-state index in [2.05, 4.69) is 0 Å². The minimum Gasteiger partial charge on any atom is -0.494 e. The molecular formula is C10H16N2O. The lowest BCUT2D eigenvalue weighted by atomic mass is 10.3. The standard InChI is InChI=1S/C10H16N2O/c11-7-1-2-8-13-10-5-3-9(12)4-6-10/h3-6H,1-2,7-8,11-12H2. The van der Waals surface area contributed by atoms with Crippen molar-refractivity contribution in [3.05, 3.63) is 24.3 Å². The Bertz CT molecular complexity index is 233. The number of ether oxygens (including phenoxy) is 1. The maximum Gasteiger partial charge on any atom is 0.119 e. The van der Waals surface area contributed by atoms with Crippen LogP contribution in [0.15, 0.2) is 24.3 Å². The largest absolute Gasteiger partial charge is 0.494 e. The minimum absolute atomic E-state index is 0.723. The molecule has 0 atom stereocenters. The van der Waals surface area contributed by atoms with E-state index >= 15 is 0 Å². The fraction of sp³-hybridized carbons (Fsp3) is 0.400. The summed E-state index contributed by atoms with van der Waals surface area (Å²) in [7, 11) is 0. The summed E-state index contributed by atoms with van der Waals surface area (Å²) in [5.41, 5.74) is 11.6. The summed E-state index contributed by atoms with van der Waals surface area (Å²) in [6, 6.07) is 7.41. The molecule has 0 aliphatic carbocycles. The first-order valence-electron chi connectivity index (χ1n) is 4.51. The molecule has 3 nitrogen and oxygen atoms in total. The zero-order valence-corrected chi connectivity index (χ0v) is 7.70. The lowest BCUT2D eigenvalue weighted by molar-refractivity contribution is 0.308. The van der Waals surface area contributed by atoms with Crippen molar-refractivity contribution in [2.75, 3.05) is 18.9 Å². The van der Waals surface area contributed by atoms with Gasteiger partial charge in [-0.1, -0.05) is 0 Å². The van der Waals surface area contributed by atoms with E-state index in [-0.39, 0.29) is 0 Å². The third-order valence-corrected chi connectivity index (χ3v) is 1.75. The van der Waals surface area contributed by atoms with Crippen molar-refractivity contribution < 1.29 is 4.74 Å². The Morgan fingerprint density at radius 2 is 1.77 bits per heavy atom. The van der Waals surface area contributed by atoms with Gasteiger partial charge in [0.1, 0.15) is 5.75 Å². The highest BCUT2D eigenvalue weighted by molar-refractivity contribution is 5.41. The van der Waals surface area contributed by atoms with Gasteiger partial charge in [0, 0.05) is 5.69 Å². The van der Waals surface area contributed by atoms with Crippen LogP contribution >= 0.6 is 0 Å². The number of hydrogen-bond donors (Lipinski definition) is 2. The van der Waals surface area contributed by atoms with Gasteiger partial charge in [-0.2, -0.15) is 0 Å². The summed E-state index contributed by atoms with van der Waals surface area (Å²) in [4.78, 5) is 0. The quantitative estimate of drug-likeness (QED) is 0.531. The average Bonchev–Trinajstić information content (AvgIpc) is 2.15. The highest BCUT2D eigenvalue weighted by Crippen LogP contribution is 2.13. The van der Waals surface area contributed by atoms with Gasteiger partial charge < -0.3 is 16.2 Å². The highest BCUT2D eigenvalue weighted by Gasteiger charge is 1.92. The number of hydrogen-bond acceptors (Lipinski definition) is 3. The normalized spacial score (nSPS) is 9.92. The number of nitrogens with two attached hydrogens (primary N) is 2. The number of rotatable bonds is 5. The number of nitrogen functional groups attached to an aromatic ring is 1. The van der Waals surface area contributed by atoms with Crippen LogP contribution in [0.3, 0.4) is 0 Å². The zero-order valence-electron chi connectivity index (χ0n) is 7.70. The summed E-state index contributed by atoms with van der Waals surface area (Å²) in [6.07, 6.45) is 2.01. The SMILES string of the molecule is NCCCCOc1ccc(N)cc1. The van der Waals surface area contributed by atoms with Gasteiger partial charge in [0.05, 0.1) is 6.61 Å². The molecule has 0 fully saturated rings. The van der Waals surface area contributed by atoms with Crippen LogP contribution in [-0.2, 0) is 0 Å². The molecule has 1 aromatic rings. The molecule has 4 N–H and O–H groups in total. The van der Waals surface area contributed by atoms with Crippen molar-refractivity contribution in [3.63, 3.8) is 0 Å². The predicted octanol–water partition coefficient (Wildman–Crippen LogP) is 1.39. The third kappa shape index (κ3) is 3.80. The molecule has 0 saturated heterocycles. The molecule has 0 saturated carbocycles. The first-order valence-corrected chi connectivity index (χ1v) is 4.51.